The van der Waals surface area contributed by atoms with Crippen LogP contribution < -0.4 is 5.48 Å². The molecule has 0 spiro atoms. The molecule has 0 bridgehead atoms. The third-order valence-corrected chi connectivity index (χ3v) is 2.72. The van der Waals surface area contributed by atoms with Gasteiger partial charge in [-0.25, -0.2) is 0 Å². The van der Waals surface area contributed by atoms with Crippen molar-refractivity contribution in [2.75, 3.05) is 12.6 Å². The minimum Gasteiger partial charge on any atom is -0.285 e. The van der Waals surface area contributed by atoms with E-state index in [1.807, 2.05) is 48.5 Å². The van der Waals surface area contributed by atoms with E-state index in [1.54, 1.807) is 7.11 Å². The van der Waals surface area contributed by atoms with E-state index in [9.17, 15) is 4.79 Å². The third kappa shape index (κ3) is 3.47. The first-order chi connectivity index (χ1) is 9.70. The highest BCUT2D eigenvalue weighted by Gasteiger charge is 2.03. The zero-order chi connectivity index (χ0) is 14.4. The summed E-state index contributed by atoms with van der Waals surface area (Å²) in [4.78, 5) is 15.8. The van der Waals surface area contributed by atoms with E-state index in [4.69, 9.17) is 4.84 Å². The molecule has 0 unspecified atom stereocenters. The molecular formula is C17H15NO2. The Labute approximate surface area is 118 Å². The smallest absolute Gasteiger partial charge is 0.202 e. The summed E-state index contributed by atoms with van der Waals surface area (Å²) in [6.07, 6.45) is 0. The fourth-order valence-electron chi connectivity index (χ4n) is 1.83. The van der Waals surface area contributed by atoms with Gasteiger partial charge < -0.3 is 0 Å². The summed E-state index contributed by atoms with van der Waals surface area (Å²) in [5, 5.41) is 0. The van der Waals surface area contributed by atoms with Crippen molar-refractivity contribution in [2.24, 2.45) is 0 Å². The molecule has 0 atom stereocenters. The number of anilines is 1. The maximum absolute atomic E-state index is 10.8. The molecule has 0 amide bonds. The second-order valence-electron chi connectivity index (χ2n) is 4.24. The molecule has 0 radical (unpaired) electrons. The Balaban J connectivity index is 2.31. The maximum Gasteiger partial charge on any atom is 0.202 e. The van der Waals surface area contributed by atoms with Gasteiger partial charge in [0.15, 0.2) is 0 Å². The molecule has 2 rings (SSSR count). The quantitative estimate of drug-likeness (QED) is 0.683. The topological polar surface area (TPSA) is 38.3 Å². The summed E-state index contributed by atoms with van der Waals surface area (Å²) in [7, 11) is 1.58. The lowest BCUT2D eigenvalue weighted by atomic mass is 10.0. The minimum absolute atomic E-state index is 0.135. The Morgan fingerprint density at radius 3 is 2.45 bits per heavy atom. The predicted molar refractivity (Wildman–Crippen MR) is 80.1 cm³/mol. The Morgan fingerprint density at radius 1 is 1.10 bits per heavy atom. The molecule has 2 aromatic carbocycles. The number of ketones is 1. The monoisotopic (exact) mass is 265 g/mol. The van der Waals surface area contributed by atoms with Crippen molar-refractivity contribution in [3.8, 4) is 23.0 Å². The molecule has 1 N–H and O–H groups in total. The molecule has 3 nitrogen and oxygen atoms in total. The van der Waals surface area contributed by atoms with E-state index in [0.29, 0.717) is 0 Å². The molecule has 0 fully saturated rings. The highest BCUT2D eigenvalue weighted by molar-refractivity contribution is 5.93. The van der Waals surface area contributed by atoms with E-state index >= 15 is 0 Å². The largest absolute Gasteiger partial charge is 0.285 e. The fraction of sp³-hybridized carbons (Fsp3) is 0.118. The highest BCUT2D eigenvalue weighted by Crippen LogP contribution is 2.27. The Bertz CT molecular complexity index is 663. The molecule has 100 valence electrons. The van der Waals surface area contributed by atoms with E-state index in [-0.39, 0.29) is 5.78 Å². The average Bonchev–Trinajstić information content (AvgIpc) is 2.47. The van der Waals surface area contributed by atoms with Crippen LogP contribution in [0.4, 0.5) is 5.69 Å². The zero-order valence-electron chi connectivity index (χ0n) is 11.4. The summed E-state index contributed by atoms with van der Waals surface area (Å²) < 4.78 is 0. The second kappa shape index (κ2) is 6.55. The van der Waals surface area contributed by atoms with Crippen LogP contribution in [0.25, 0.3) is 11.1 Å². The number of carbonyl (C=O) groups is 1. The summed E-state index contributed by atoms with van der Waals surface area (Å²) in [6, 6.07) is 15.6. The number of benzene rings is 2. The highest BCUT2D eigenvalue weighted by atomic mass is 16.6. The van der Waals surface area contributed by atoms with Gasteiger partial charge in [0.1, 0.15) is 0 Å². The molecule has 0 heterocycles. The number of Topliss-reactive ketones (excluding diaryl/α,β-unsaturated/α-hetero) is 1. The van der Waals surface area contributed by atoms with Gasteiger partial charge in [-0.1, -0.05) is 36.3 Å². The van der Waals surface area contributed by atoms with Crippen LogP contribution in [0.5, 0.6) is 0 Å². The van der Waals surface area contributed by atoms with E-state index in [2.05, 4.69) is 17.3 Å². The molecule has 0 aliphatic heterocycles. The molecule has 20 heavy (non-hydrogen) atoms. The predicted octanol–water partition coefficient (Wildman–Crippen LogP) is 3.27. The van der Waals surface area contributed by atoms with Crippen molar-refractivity contribution in [1.29, 1.82) is 0 Å². The van der Waals surface area contributed by atoms with Gasteiger partial charge in [-0.05, 0) is 29.7 Å². The van der Waals surface area contributed by atoms with Gasteiger partial charge in [-0.2, -0.15) is 0 Å². The van der Waals surface area contributed by atoms with Crippen molar-refractivity contribution in [1.82, 2.24) is 0 Å². The van der Waals surface area contributed by atoms with Gasteiger partial charge in [0.2, 0.25) is 5.78 Å². The SMILES string of the molecule is CONc1ccccc1-c1ccc(C#CC(C)=O)cc1. The lowest BCUT2D eigenvalue weighted by Gasteiger charge is -2.10. The van der Waals surface area contributed by atoms with Crippen molar-refractivity contribution in [2.45, 2.75) is 6.92 Å². The van der Waals surface area contributed by atoms with Gasteiger partial charge in [-0.3, -0.25) is 15.1 Å². The molecule has 0 aliphatic carbocycles. The van der Waals surface area contributed by atoms with Gasteiger partial charge >= 0.3 is 0 Å². The summed E-state index contributed by atoms with van der Waals surface area (Å²) in [5.41, 5.74) is 6.67. The van der Waals surface area contributed by atoms with Gasteiger partial charge in [0.05, 0.1) is 12.8 Å². The van der Waals surface area contributed by atoms with Gasteiger partial charge in [0.25, 0.3) is 0 Å². The lowest BCUT2D eigenvalue weighted by molar-refractivity contribution is -0.111. The molecule has 0 aliphatic rings. The van der Waals surface area contributed by atoms with E-state index in [1.165, 1.54) is 6.92 Å². The van der Waals surface area contributed by atoms with Crippen LogP contribution in [0, 0.1) is 11.8 Å². The second-order valence-corrected chi connectivity index (χ2v) is 4.24. The molecule has 0 aromatic heterocycles. The average molecular weight is 265 g/mol. The fourth-order valence-corrected chi connectivity index (χ4v) is 1.83. The first kappa shape index (κ1) is 13.9. The van der Waals surface area contributed by atoms with Crippen LogP contribution in [0.1, 0.15) is 12.5 Å². The standard InChI is InChI=1S/C17H15NO2/c1-13(19)7-8-14-9-11-15(12-10-14)16-5-3-4-6-17(16)18-20-2/h3-6,9-12,18H,1-2H3. The molecule has 3 heteroatoms. The minimum atomic E-state index is -0.135. The van der Waals surface area contributed by atoms with Crippen molar-refractivity contribution >= 4 is 11.5 Å². The number of hydrogen-bond acceptors (Lipinski definition) is 3. The van der Waals surface area contributed by atoms with Crippen LogP contribution in [-0.4, -0.2) is 12.9 Å². The lowest BCUT2D eigenvalue weighted by Crippen LogP contribution is -1.97. The molecular weight excluding hydrogens is 250 g/mol. The summed E-state index contributed by atoms with van der Waals surface area (Å²) in [5.74, 6) is 5.22. The van der Waals surface area contributed by atoms with Crippen LogP contribution in [0.2, 0.25) is 0 Å². The number of hydrogen-bond donors (Lipinski definition) is 1. The molecule has 2 aromatic rings. The number of rotatable bonds is 3. The Hall–Kier alpha value is -2.57. The third-order valence-electron chi connectivity index (χ3n) is 2.72. The zero-order valence-corrected chi connectivity index (χ0v) is 11.4. The molecule has 0 saturated carbocycles. The normalized spacial score (nSPS) is 9.50. The van der Waals surface area contributed by atoms with Crippen molar-refractivity contribution in [3.05, 3.63) is 54.1 Å². The first-order valence-corrected chi connectivity index (χ1v) is 6.22. The number of para-hydroxylation sites is 1. The van der Waals surface area contributed by atoms with E-state index in [0.717, 1.165) is 22.4 Å². The van der Waals surface area contributed by atoms with Crippen LogP contribution >= 0.6 is 0 Å². The number of nitrogens with one attached hydrogen (secondary N) is 1. The first-order valence-electron chi connectivity index (χ1n) is 6.22. The van der Waals surface area contributed by atoms with Crippen LogP contribution in [-0.2, 0) is 9.63 Å². The molecule has 0 saturated heterocycles. The Kier molecular flexibility index (Phi) is 4.54. The van der Waals surface area contributed by atoms with Crippen molar-refractivity contribution in [3.63, 3.8) is 0 Å². The summed E-state index contributed by atoms with van der Waals surface area (Å²) in [6.45, 7) is 1.45. The van der Waals surface area contributed by atoms with Crippen molar-refractivity contribution < 1.29 is 9.63 Å². The van der Waals surface area contributed by atoms with Gasteiger partial charge in [-0.15, -0.1) is 0 Å². The van der Waals surface area contributed by atoms with Gasteiger partial charge in [0, 0.05) is 18.1 Å². The maximum atomic E-state index is 10.8. The summed E-state index contributed by atoms with van der Waals surface area (Å²) >= 11 is 0. The Morgan fingerprint density at radius 2 is 1.80 bits per heavy atom. The van der Waals surface area contributed by atoms with E-state index < -0.39 is 0 Å². The van der Waals surface area contributed by atoms with Crippen LogP contribution in [0.3, 0.4) is 0 Å². The van der Waals surface area contributed by atoms with Crippen LogP contribution in [0.15, 0.2) is 48.5 Å². The number of carbonyl (C=O) groups excluding carboxylic acids is 1.